The number of carbonyl (C=O) groups is 1. The van der Waals surface area contributed by atoms with Crippen LogP contribution in [0.2, 0.25) is 0 Å². The van der Waals surface area contributed by atoms with E-state index in [0.717, 1.165) is 0 Å². The van der Waals surface area contributed by atoms with E-state index in [-0.39, 0.29) is 11.5 Å². The number of benzene rings is 1. The third kappa shape index (κ3) is 2.31. The van der Waals surface area contributed by atoms with Crippen LogP contribution < -0.4 is 10.9 Å². The lowest BCUT2D eigenvalue weighted by atomic mass is 10.2. The second-order valence-electron chi connectivity index (χ2n) is 3.46. The monoisotopic (exact) mass is 249 g/mol. The van der Waals surface area contributed by atoms with Gasteiger partial charge in [0, 0.05) is 6.92 Å². The van der Waals surface area contributed by atoms with Gasteiger partial charge in [-0.25, -0.2) is 4.98 Å². The first-order valence-corrected chi connectivity index (χ1v) is 6.19. The molecule has 0 aliphatic carbocycles. The Kier molecular flexibility index (Phi) is 3.14. The van der Waals surface area contributed by atoms with Gasteiger partial charge in [-0.05, 0) is 18.4 Å². The maximum Gasteiger partial charge on any atom is 0.259 e. The number of nitrogens with one attached hydrogen (secondary N) is 2. The molecule has 0 spiro atoms. The number of aromatic nitrogens is 2. The van der Waals surface area contributed by atoms with Crippen molar-refractivity contribution in [2.45, 2.75) is 12.1 Å². The van der Waals surface area contributed by atoms with Crippen molar-refractivity contribution in [2.24, 2.45) is 0 Å². The highest BCUT2D eigenvalue weighted by molar-refractivity contribution is 7.98. The van der Waals surface area contributed by atoms with Crippen LogP contribution >= 0.6 is 11.8 Å². The summed E-state index contributed by atoms with van der Waals surface area (Å²) in [4.78, 5) is 29.8. The topological polar surface area (TPSA) is 74.8 Å². The van der Waals surface area contributed by atoms with Crippen LogP contribution in [0.5, 0.6) is 0 Å². The van der Waals surface area contributed by atoms with Gasteiger partial charge >= 0.3 is 0 Å². The molecule has 1 aromatic heterocycles. The van der Waals surface area contributed by atoms with E-state index < -0.39 is 0 Å². The number of nitrogens with zero attached hydrogens (tertiary/aromatic N) is 1. The molecule has 0 aliphatic heterocycles. The first-order valence-electron chi connectivity index (χ1n) is 4.96. The van der Waals surface area contributed by atoms with Gasteiger partial charge in [-0.3, -0.25) is 9.59 Å². The second-order valence-corrected chi connectivity index (χ2v) is 4.25. The lowest BCUT2D eigenvalue weighted by Crippen LogP contribution is -2.12. The van der Waals surface area contributed by atoms with Crippen LogP contribution in [-0.4, -0.2) is 22.1 Å². The van der Waals surface area contributed by atoms with Gasteiger partial charge in [0.25, 0.3) is 5.56 Å². The Bertz CT molecular complexity index is 636. The van der Waals surface area contributed by atoms with Crippen LogP contribution in [-0.2, 0) is 4.79 Å². The summed E-state index contributed by atoms with van der Waals surface area (Å²) in [5.41, 5.74) is 0.860. The Hall–Kier alpha value is -1.82. The summed E-state index contributed by atoms with van der Waals surface area (Å²) in [5, 5.41) is 3.66. The molecule has 2 aromatic rings. The Morgan fingerprint density at radius 1 is 1.47 bits per heavy atom. The molecular weight excluding hydrogens is 238 g/mol. The standard InChI is InChI=1S/C11H11N3O2S/c1-6(15)12-8-5-3-4-7-9(8)13-11(17-2)14-10(7)16/h3-5H,1-2H3,(H,12,15)(H,13,14,16). The molecule has 2 rings (SSSR count). The number of fused-ring (bicyclic) bond motifs is 1. The number of carbonyl (C=O) groups excluding carboxylic acids is 1. The van der Waals surface area contributed by atoms with Crippen molar-refractivity contribution in [2.75, 3.05) is 11.6 Å². The van der Waals surface area contributed by atoms with Crippen LogP contribution in [0.1, 0.15) is 6.92 Å². The molecular formula is C11H11N3O2S. The van der Waals surface area contributed by atoms with E-state index in [4.69, 9.17) is 0 Å². The van der Waals surface area contributed by atoms with Crippen molar-refractivity contribution in [3.8, 4) is 0 Å². The van der Waals surface area contributed by atoms with E-state index in [1.165, 1.54) is 18.7 Å². The molecule has 0 radical (unpaired) electrons. The molecule has 1 aromatic carbocycles. The van der Waals surface area contributed by atoms with Gasteiger partial charge in [0.15, 0.2) is 5.16 Å². The van der Waals surface area contributed by atoms with Crippen LogP contribution in [0.3, 0.4) is 0 Å². The van der Waals surface area contributed by atoms with Gasteiger partial charge in [-0.1, -0.05) is 17.8 Å². The van der Waals surface area contributed by atoms with Crippen molar-refractivity contribution < 1.29 is 4.79 Å². The molecule has 0 saturated carbocycles. The Morgan fingerprint density at radius 2 is 2.24 bits per heavy atom. The lowest BCUT2D eigenvalue weighted by molar-refractivity contribution is -0.114. The molecule has 6 heteroatoms. The minimum absolute atomic E-state index is 0.190. The molecule has 17 heavy (non-hydrogen) atoms. The lowest BCUT2D eigenvalue weighted by Gasteiger charge is -2.06. The third-order valence-corrected chi connectivity index (χ3v) is 2.80. The molecule has 5 nitrogen and oxygen atoms in total. The number of para-hydroxylation sites is 1. The fourth-order valence-electron chi connectivity index (χ4n) is 1.53. The number of thioether (sulfide) groups is 1. The average molecular weight is 249 g/mol. The number of anilines is 1. The predicted molar refractivity (Wildman–Crippen MR) is 68.4 cm³/mol. The van der Waals surface area contributed by atoms with Gasteiger partial charge in [0.2, 0.25) is 5.91 Å². The summed E-state index contributed by atoms with van der Waals surface area (Å²) in [6.45, 7) is 1.42. The van der Waals surface area contributed by atoms with E-state index in [0.29, 0.717) is 21.7 Å². The van der Waals surface area contributed by atoms with Gasteiger partial charge in [0.05, 0.1) is 11.1 Å². The first kappa shape index (κ1) is 11.7. The number of rotatable bonds is 2. The smallest absolute Gasteiger partial charge is 0.259 e. The maximum atomic E-state index is 11.8. The minimum Gasteiger partial charge on any atom is -0.324 e. The van der Waals surface area contributed by atoms with Gasteiger partial charge in [-0.15, -0.1) is 0 Å². The summed E-state index contributed by atoms with van der Waals surface area (Å²) in [7, 11) is 0. The fourth-order valence-corrected chi connectivity index (χ4v) is 1.91. The average Bonchev–Trinajstić information content (AvgIpc) is 2.29. The molecule has 0 saturated heterocycles. The molecule has 0 bridgehead atoms. The number of H-pyrrole nitrogens is 1. The summed E-state index contributed by atoms with van der Waals surface area (Å²) in [6.07, 6.45) is 1.82. The van der Waals surface area contributed by atoms with Crippen molar-refractivity contribution in [1.82, 2.24) is 9.97 Å². The van der Waals surface area contributed by atoms with Crippen LogP contribution in [0.25, 0.3) is 10.9 Å². The van der Waals surface area contributed by atoms with E-state index in [9.17, 15) is 9.59 Å². The highest BCUT2D eigenvalue weighted by atomic mass is 32.2. The molecule has 0 atom stereocenters. The van der Waals surface area contributed by atoms with E-state index in [2.05, 4.69) is 15.3 Å². The first-order chi connectivity index (χ1) is 8.11. The van der Waals surface area contributed by atoms with Crippen LogP contribution in [0.15, 0.2) is 28.2 Å². The van der Waals surface area contributed by atoms with E-state index in [1.807, 2.05) is 6.26 Å². The molecule has 1 amide bonds. The molecule has 1 heterocycles. The third-order valence-electron chi connectivity index (χ3n) is 2.22. The zero-order valence-corrected chi connectivity index (χ0v) is 10.2. The van der Waals surface area contributed by atoms with Crippen molar-refractivity contribution in [1.29, 1.82) is 0 Å². The summed E-state index contributed by atoms with van der Waals surface area (Å²) < 4.78 is 0. The summed E-state index contributed by atoms with van der Waals surface area (Å²) in [5.74, 6) is -0.190. The van der Waals surface area contributed by atoms with Gasteiger partial charge in [0.1, 0.15) is 5.52 Å². The SMILES string of the molecule is CSc1nc2c(NC(C)=O)cccc2c(=O)[nH]1. The summed E-state index contributed by atoms with van der Waals surface area (Å²) >= 11 is 1.35. The number of hydrogen-bond acceptors (Lipinski definition) is 4. The zero-order valence-electron chi connectivity index (χ0n) is 9.40. The van der Waals surface area contributed by atoms with Crippen molar-refractivity contribution in [3.63, 3.8) is 0 Å². The Balaban J connectivity index is 2.73. The normalized spacial score (nSPS) is 10.5. The second kappa shape index (κ2) is 4.58. The van der Waals surface area contributed by atoms with Crippen molar-refractivity contribution in [3.05, 3.63) is 28.6 Å². The van der Waals surface area contributed by atoms with E-state index in [1.54, 1.807) is 18.2 Å². The number of amides is 1. The fraction of sp³-hybridized carbons (Fsp3) is 0.182. The summed E-state index contributed by atoms with van der Waals surface area (Å²) in [6, 6.07) is 5.11. The van der Waals surface area contributed by atoms with Gasteiger partial charge < -0.3 is 10.3 Å². The molecule has 0 fully saturated rings. The highest BCUT2D eigenvalue weighted by Crippen LogP contribution is 2.20. The number of hydrogen-bond donors (Lipinski definition) is 2. The number of aromatic amines is 1. The molecule has 88 valence electrons. The van der Waals surface area contributed by atoms with Crippen molar-refractivity contribution >= 4 is 34.3 Å². The molecule has 0 unspecified atom stereocenters. The zero-order chi connectivity index (χ0) is 12.4. The Labute approximate surface area is 102 Å². The van der Waals surface area contributed by atoms with E-state index >= 15 is 0 Å². The van der Waals surface area contributed by atoms with Gasteiger partial charge in [-0.2, -0.15) is 0 Å². The van der Waals surface area contributed by atoms with Crippen LogP contribution in [0, 0.1) is 0 Å². The predicted octanol–water partition coefficient (Wildman–Crippen LogP) is 1.60. The molecule has 0 aliphatic rings. The maximum absolute atomic E-state index is 11.8. The highest BCUT2D eigenvalue weighted by Gasteiger charge is 2.08. The Morgan fingerprint density at radius 3 is 2.88 bits per heavy atom. The quantitative estimate of drug-likeness (QED) is 0.626. The minimum atomic E-state index is -0.202. The van der Waals surface area contributed by atoms with Crippen LogP contribution in [0.4, 0.5) is 5.69 Å². The molecule has 2 N–H and O–H groups in total. The largest absolute Gasteiger partial charge is 0.324 e.